The minimum Gasteiger partial charge on any atom is -0.504 e. The Hall–Kier alpha value is -1.99. The molecule has 0 aromatic heterocycles. The van der Waals surface area contributed by atoms with Crippen LogP contribution in [-0.2, 0) is 21.4 Å². The molecule has 5 aliphatic rings. The first-order valence-electron chi connectivity index (χ1n) is 12.7. The molecule has 0 radical (unpaired) electrons. The maximum absolute atomic E-state index is 13.1. The zero-order valence-electron chi connectivity index (χ0n) is 20.1. The van der Waals surface area contributed by atoms with Gasteiger partial charge in [0.15, 0.2) is 23.3 Å². The van der Waals surface area contributed by atoms with Crippen LogP contribution in [0.5, 0.6) is 11.5 Å². The number of ether oxygens (including phenoxy) is 2. The summed E-state index contributed by atoms with van der Waals surface area (Å²) in [7, 11) is 2.11. The highest BCUT2D eigenvalue weighted by atomic mass is 16.5. The number of aromatic hydroxyl groups is 1. The molecule has 198 valence electrons. The van der Waals surface area contributed by atoms with E-state index in [2.05, 4.69) is 17.3 Å². The van der Waals surface area contributed by atoms with Gasteiger partial charge in [0, 0.05) is 17.0 Å². The number of aliphatic hydroxyl groups excluding tert-OH is 4. The molecule has 36 heavy (non-hydrogen) atoms. The molecule has 3 heterocycles. The number of likely N-dealkylation sites (tertiary alicyclic amines) is 1. The van der Waals surface area contributed by atoms with Gasteiger partial charge in [0.25, 0.3) is 0 Å². The van der Waals surface area contributed by atoms with Gasteiger partial charge in [0.2, 0.25) is 5.91 Å². The van der Waals surface area contributed by atoms with Crippen LogP contribution in [0.15, 0.2) is 12.1 Å². The summed E-state index contributed by atoms with van der Waals surface area (Å²) in [6, 6.07) is 3.81. The number of nitrogens with one attached hydrogen (secondary N) is 1. The summed E-state index contributed by atoms with van der Waals surface area (Å²) < 4.78 is 11.8. The van der Waals surface area contributed by atoms with E-state index in [0.717, 1.165) is 24.1 Å². The number of phenols is 1. The number of benzene rings is 1. The smallest absolute Gasteiger partial charge is 0.225 e. The summed E-state index contributed by atoms with van der Waals surface area (Å²) in [6.45, 7) is 0.205. The van der Waals surface area contributed by atoms with Gasteiger partial charge in [0.05, 0.1) is 19.1 Å². The molecule has 3 fully saturated rings. The molecule has 0 unspecified atom stereocenters. The molecule has 11 heteroatoms. The largest absolute Gasteiger partial charge is 0.504 e. The number of carbonyl (C=O) groups is 1. The highest BCUT2D eigenvalue weighted by Crippen LogP contribution is 2.65. The Kier molecular flexibility index (Phi) is 5.58. The maximum atomic E-state index is 13.1. The average molecular weight is 507 g/mol. The van der Waals surface area contributed by atoms with Crippen LogP contribution in [0.3, 0.4) is 0 Å². The van der Waals surface area contributed by atoms with Crippen molar-refractivity contribution < 1.29 is 44.9 Å². The second-order valence-corrected chi connectivity index (χ2v) is 11.2. The van der Waals surface area contributed by atoms with Gasteiger partial charge in [-0.15, -0.1) is 0 Å². The lowest BCUT2D eigenvalue weighted by molar-refractivity contribution is -0.230. The van der Waals surface area contributed by atoms with E-state index in [0.29, 0.717) is 18.6 Å². The van der Waals surface area contributed by atoms with Gasteiger partial charge in [-0.1, -0.05) is 6.07 Å². The quantitative estimate of drug-likeness (QED) is 0.229. The summed E-state index contributed by atoms with van der Waals surface area (Å²) in [5.41, 5.74) is -0.247. The Morgan fingerprint density at radius 2 is 1.92 bits per heavy atom. The van der Waals surface area contributed by atoms with Crippen LogP contribution >= 0.6 is 0 Å². The lowest BCUT2D eigenvalue weighted by Gasteiger charge is -2.60. The van der Waals surface area contributed by atoms with Gasteiger partial charge in [-0.3, -0.25) is 4.79 Å². The van der Waals surface area contributed by atoms with E-state index in [1.807, 2.05) is 6.07 Å². The van der Waals surface area contributed by atoms with Crippen LogP contribution in [0.25, 0.3) is 0 Å². The number of likely N-dealkylation sites (N-methyl/N-ethyl adjacent to an activating group) is 1. The summed E-state index contributed by atoms with van der Waals surface area (Å²) in [6.07, 6.45) is -5.70. The topological polar surface area (TPSA) is 172 Å². The summed E-state index contributed by atoms with van der Waals surface area (Å²) in [5.74, 6) is -0.0296. The molecule has 2 aliphatic carbocycles. The molecule has 2 saturated heterocycles. The van der Waals surface area contributed by atoms with Gasteiger partial charge >= 0.3 is 0 Å². The van der Waals surface area contributed by atoms with Crippen LogP contribution in [0.4, 0.5) is 0 Å². The number of hydrogen-bond acceptors (Lipinski definition) is 10. The second-order valence-electron chi connectivity index (χ2n) is 11.2. The minimum atomic E-state index is -1.73. The molecular weight excluding hydrogens is 472 g/mol. The fraction of sp³-hybridized carbons (Fsp3) is 0.720. The van der Waals surface area contributed by atoms with Gasteiger partial charge in [-0.2, -0.15) is 0 Å². The minimum absolute atomic E-state index is 0.0173. The van der Waals surface area contributed by atoms with Crippen molar-refractivity contribution in [3.05, 3.63) is 23.3 Å². The summed E-state index contributed by atoms with van der Waals surface area (Å²) in [5, 5.41) is 65.1. The Balaban J connectivity index is 1.29. The number of nitrogens with zero attached hydrogens (tertiary/aromatic N) is 1. The summed E-state index contributed by atoms with van der Waals surface area (Å²) in [4.78, 5) is 15.5. The molecule has 1 aromatic rings. The lowest BCUT2D eigenvalue weighted by atomic mass is 9.50. The number of hydrogen-bond donors (Lipinski definition) is 7. The average Bonchev–Trinajstić information content (AvgIpc) is 3.21. The van der Waals surface area contributed by atoms with Crippen molar-refractivity contribution in [2.45, 2.75) is 85.9 Å². The molecule has 1 amide bonds. The Morgan fingerprint density at radius 3 is 2.67 bits per heavy atom. The van der Waals surface area contributed by atoms with E-state index < -0.39 is 66.7 Å². The SMILES string of the molecule is CN1CC[C@]23c4c5ccc(O)c4O[C@H]2[C@](O)(NC(=O)C[C@@H]2O[C@H](CO)[C@@H](O)[C@H](O)[C@H]2O)CC[C@H]3[C@H]1C5. The first-order chi connectivity index (χ1) is 17.1. The third-order valence-corrected chi connectivity index (χ3v) is 9.40. The van der Waals surface area contributed by atoms with Crippen LogP contribution in [-0.4, -0.2) is 110 Å². The predicted molar refractivity (Wildman–Crippen MR) is 123 cm³/mol. The molecule has 3 aliphatic heterocycles. The molecule has 7 N–H and O–H groups in total. The fourth-order valence-corrected chi connectivity index (χ4v) is 7.72. The van der Waals surface area contributed by atoms with Gasteiger partial charge in [-0.25, -0.2) is 0 Å². The second kappa shape index (κ2) is 8.26. The maximum Gasteiger partial charge on any atom is 0.225 e. The molecule has 2 bridgehead atoms. The highest BCUT2D eigenvalue weighted by molar-refractivity contribution is 5.77. The standard InChI is InChI=1S/C25H34N2O9/c1-27-7-6-24-12-4-5-25(34,23(24)36-22-14(29)3-2-11(18(22)24)8-13(12)27)26-17(30)9-15-19(31)21(33)20(32)16(10-28)35-15/h2-3,12-13,15-16,19-21,23,28-29,31-34H,4-10H2,1H3,(H,26,30)/t12-,13+,15-,16+,19-,20+,21+,23+,24-,25-/m0/s1. The molecule has 6 rings (SSSR count). The van der Waals surface area contributed by atoms with Crippen LogP contribution in [0.1, 0.15) is 36.8 Å². The van der Waals surface area contributed by atoms with E-state index in [-0.39, 0.29) is 24.1 Å². The van der Waals surface area contributed by atoms with Crippen molar-refractivity contribution in [1.29, 1.82) is 0 Å². The third kappa shape index (κ3) is 3.20. The zero-order chi connectivity index (χ0) is 25.6. The van der Waals surface area contributed by atoms with Crippen molar-refractivity contribution in [1.82, 2.24) is 10.2 Å². The van der Waals surface area contributed by atoms with E-state index in [1.54, 1.807) is 6.07 Å². The molecular formula is C25H34N2O9. The molecule has 10 atom stereocenters. The number of phenolic OH excluding ortho intramolecular Hbond substituents is 1. The van der Waals surface area contributed by atoms with Gasteiger partial charge < -0.3 is 50.3 Å². The predicted octanol–water partition coefficient (Wildman–Crippen LogP) is -1.90. The van der Waals surface area contributed by atoms with Crippen molar-refractivity contribution in [2.24, 2.45) is 5.92 Å². The summed E-state index contributed by atoms with van der Waals surface area (Å²) >= 11 is 0. The van der Waals surface area contributed by atoms with Gasteiger partial charge in [-0.05, 0) is 56.8 Å². The van der Waals surface area contributed by atoms with Crippen LogP contribution in [0, 0.1) is 5.92 Å². The molecule has 11 nitrogen and oxygen atoms in total. The number of carbonyl (C=O) groups excluding carboxylic acids is 1. The Bertz CT molecular complexity index is 1070. The molecule has 1 saturated carbocycles. The monoisotopic (exact) mass is 506 g/mol. The lowest BCUT2D eigenvalue weighted by Crippen LogP contribution is -2.73. The van der Waals surface area contributed by atoms with Crippen molar-refractivity contribution in [2.75, 3.05) is 20.2 Å². The van der Waals surface area contributed by atoms with Crippen molar-refractivity contribution >= 4 is 5.91 Å². The number of rotatable bonds is 4. The number of aliphatic hydroxyl groups is 5. The van der Waals surface area contributed by atoms with Crippen molar-refractivity contribution in [3.63, 3.8) is 0 Å². The molecule has 1 spiro atoms. The van der Waals surface area contributed by atoms with Crippen molar-refractivity contribution in [3.8, 4) is 11.5 Å². The Labute approximate surface area is 208 Å². The fourth-order valence-electron chi connectivity index (χ4n) is 7.72. The van der Waals surface area contributed by atoms with E-state index in [1.165, 1.54) is 0 Å². The first-order valence-corrected chi connectivity index (χ1v) is 12.7. The molecule has 1 aromatic carbocycles. The van der Waals surface area contributed by atoms with Crippen LogP contribution in [0.2, 0.25) is 0 Å². The normalized spacial score (nSPS) is 45.1. The number of amides is 1. The third-order valence-electron chi connectivity index (χ3n) is 9.40. The van der Waals surface area contributed by atoms with E-state index in [9.17, 15) is 35.4 Å². The first kappa shape index (κ1) is 24.4. The number of piperidine rings is 1. The Morgan fingerprint density at radius 1 is 1.17 bits per heavy atom. The van der Waals surface area contributed by atoms with Crippen LogP contribution < -0.4 is 10.1 Å². The van der Waals surface area contributed by atoms with E-state index in [4.69, 9.17) is 9.47 Å². The van der Waals surface area contributed by atoms with E-state index >= 15 is 0 Å². The van der Waals surface area contributed by atoms with Gasteiger partial charge in [0.1, 0.15) is 24.4 Å². The highest BCUT2D eigenvalue weighted by Gasteiger charge is 2.69. The zero-order valence-corrected chi connectivity index (χ0v) is 20.1.